The first-order valence-corrected chi connectivity index (χ1v) is 6.11. The van der Waals surface area contributed by atoms with Gasteiger partial charge < -0.3 is 9.84 Å². The predicted octanol–water partition coefficient (Wildman–Crippen LogP) is 1.56. The molecule has 0 amide bonds. The van der Waals surface area contributed by atoms with E-state index in [1.54, 1.807) is 6.92 Å². The van der Waals surface area contributed by atoms with Crippen molar-refractivity contribution in [1.29, 1.82) is 0 Å². The zero-order chi connectivity index (χ0) is 13.5. The average Bonchev–Trinajstić information content (AvgIpc) is 2.28. The molecule has 0 radical (unpaired) electrons. The van der Waals surface area contributed by atoms with Crippen LogP contribution in [-0.4, -0.2) is 35.2 Å². The molecule has 0 bridgehead atoms. The molecule has 0 saturated carbocycles. The monoisotopic (exact) mass is 245 g/mol. The van der Waals surface area contributed by atoms with Crippen LogP contribution in [-0.2, 0) is 14.3 Å². The van der Waals surface area contributed by atoms with Crippen LogP contribution in [0.5, 0.6) is 0 Å². The maximum Gasteiger partial charge on any atom is 0.326 e. The van der Waals surface area contributed by atoms with Crippen molar-refractivity contribution >= 4 is 11.9 Å². The summed E-state index contributed by atoms with van der Waals surface area (Å²) in [4.78, 5) is 22.8. The Kier molecular flexibility index (Phi) is 6.80. The summed E-state index contributed by atoms with van der Waals surface area (Å²) in [5.74, 6) is -1.33. The number of hydrogen-bond acceptors (Lipinski definition) is 4. The van der Waals surface area contributed by atoms with Gasteiger partial charge in [0.25, 0.3) is 0 Å². The number of nitrogens with one attached hydrogen (secondary N) is 1. The lowest BCUT2D eigenvalue weighted by Gasteiger charge is -2.33. The Labute approximate surface area is 103 Å². The molecular formula is C12H23NO4. The van der Waals surface area contributed by atoms with Crippen molar-refractivity contribution in [2.24, 2.45) is 0 Å². The number of rotatable bonds is 8. The number of carboxylic acid groups (broad SMARTS) is 1. The van der Waals surface area contributed by atoms with Crippen LogP contribution in [0.1, 0.15) is 47.0 Å². The van der Waals surface area contributed by atoms with E-state index < -0.39 is 17.6 Å². The Morgan fingerprint density at radius 3 is 2.29 bits per heavy atom. The number of carboxylic acids is 1. The van der Waals surface area contributed by atoms with E-state index >= 15 is 0 Å². The molecule has 0 aliphatic carbocycles. The molecule has 0 aromatic heterocycles. The molecule has 0 rings (SSSR count). The molecule has 0 aliphatic rings. The van der Waals surface area contributed by atoms with Crippen LogP contribution < -0.4 is 5.32 Å². The van der Waals surface area contributed by atoms with E-state index in [0.717, 1.165) is 6.42 Å². The van der Waals surface area contributed by atoms with Gasteiger partial charge in [-0.3, -0.25) is 14.9 Å². The summed E-state index contributed by atoms with van der Waals surface area (Å²) >= 11 is 0. The van der Waals surface area contributed by atoms with Crippen molar-refractivity contribution in [2.45, 2.75) is 58.5 Å². The van der Waals surface area contributed by atoms with Crippen LogP contribution >= 0.6 is 0 Å². The van der Waals surface area contributed by atoms with E-state index in [-0.39, 0.29) is 5.97 Å². The fraction of sp³-hybridized carbons (Fsp3) is 0.833. The third-order valence-electron chi connectivity index (χ3n) is 2.81. The molecule has 17 heavy (non-hydrogen) atoms. The van der Waals surface area contributed by atoms with Gasteiger partial charge in [0.05, 0.1) is 6.61 Å². The minimum absolute atomic E-state index is 0.299. The van der Waals surface area contributed by atoms with Gasteiger partial charge in [0.15, 0.2) is 0 Å². The van der Waals surface area contributed by atoms with E-state index in [0.29, 0.717) is 19.4 Å². The summed E-state index contributed by atoms with van der Waals surface area (Å²) in [5, 5.41) is 11.8. The van der Waals surface area contributed by atoms with E-state index in [9.17, 15) is 9.59 Å². The summed E-state index contributed by atoms with van der Waals surface area (Å²) in [5.41, 5.74) is -0.886. The van der Waals surface area contributed by atoms with Crippen LogP contribution in [0.4, 0.5) is 0 Å². The second kappa shape index (κ2) is 7.27. The minimum atomic E-state index is -0.969. The van der Waals surface area contributed by atoms with Crippen LogP contribution in [0.3, 0.4) is 0 Å². The molecule has 0 aliphatic heterocycles. The molecule has 2 atom stereocenters. The van der Waals surface area contributed by atoms with Gasteiger partial charge in [-0.25, -0.2) is 0 Å². The third-order valence-corrected chi connectivity index (χ3v) is 2.81. The van der Waals surface area contributed by atoms with Crippen LogP contribution in [0, 0.1) is 0 Å². The van der Waals surface area contributed by atoms with Crippen molar-refractivity contribution in [3.05, 3.63) is 0 Å². The van der Waals surface area contributed by atoms with Crippen molar-refractivity contribution in [3.8, 4) is 0 Å². The SMILES string of the molecule is CCC[C@](CC)(N[C@@H](C)C(=O)O)C(=O)OCC. The number of aliphatic carboxylic acids is 1. The van der Waals surface area contributed by atoms with E-state index in [1.807, 2.05) is 13.8 Å². The van der Waals surface area contributed by atoms with Gasteiger partial charge in [-0.15, -0.1) is 0 Å². The highest BCUT2D eigenvalue weighted by molar-refractivity contribution is 5.82. The summed E-state index contributed by atoms with van der Waals surface area (Å²) < 4.78 is 5.04. The first-order valence-electron chi connectivity index (χ1n) is 6.11. The maximum atomic E-state index is 12.0. The number of carbonyl (C=O) groups is 2. The fourth-order valence-corrected chi connectivity index (χ4v) is 1.83. The fourth-order valence-electron chi connectivity index (χ4n) is 1.83. The number of ether oxygens (including phenoxy) is 1. The summed E-state index contributed by atoms with van der Waals surface area (Å²) in [6.07, 6.45) is 1.86. The number of carbonyl (C=O) groups excluding carboxylic acids is 1. The average molecular weight is 245 g/mol. The third kappa shape index (κ3) is 4.34. The highest BCUT2D eigenvalue weighted by Gasteiger charge is 2.39. The van der Waals surface area contributed by atoms with Gasteiger partial charge in [0, 0.05) is 0 Å². The highest BCUT2D eigenvalue weighted by atomic mass is 16.5. The standard InChI is InChI=1S/C12H23NO4/c1-5-8-12(6-2,11(16)17-7-3)13-9(4)10(14)15/h9,13H,5-8H2,1-4H3,(H,14,15)/t9-,12-/m0/s1. The zero-order valence-corrected chi connectivity index (χ0v) is 11.1. The van der Waals surface area contributed by atoms with Gasteiger partial charge in [-0.05, 0) is 26.7 Å². The lowest BCUT2D eigenvalue weighted by Crippen LogP contribution is -2.57. The quantitative estimate of drug-likeness (QED) is 0.635. The molecule has 5 nitrogen and oxygen atoms in total. The minimum Gasteiger partial charge on any atom is -0.480 e. The maximum absolute atomic E-state index is 12.0. The molecule has 0 saturated heterocycles. The molecule has 0 aromatic rings. The second-order valence-corrected chi connectivity index (χ2v) is 4.11. The Balaban J connectivity index is 4.92. The molecule has 0 fully saturated rings. The van der Waals surface area contributed by atoms with Crippen molar-refractivity contribution in [1.82, 2.24) is 5.32 Å². The van der Waals surface area contributed by atoms with Crippen molar-refractivity contribution in [3.63, 3.8) is 0 Å². The van der Waals surface area contributed by atoms with Gasteiger partial charge in [-0.2, -0.15) is 0 Å². The topological polar surface area (TPSA) is 75.6 Å². The Morgan fingerprint density at radius 2 is 1.94 bits per heavy atom. The summed E-state index contributed by atoms with van der Waals surface area (Å²) in [6.45, 7) is 7.38. The normalized spacial score (nSPS) is 16.0. The van der Waals surface area contributed by atoms with Crippen molar-refractivity contribution < 1.29 is 19.4 Å². The molecule has 5 heteroatoms. The molecule has 0 aromatic carbocycles. The summed E-state index contributed by atoms with van der Waals surface area (Å²) in [6, 6.07) is -0.772. The lowest BCUT2D eigenvalue weighted by atomic mass is 9.89. The van der Waals surface area contributed by atoms with Gasteiger partial charge in [0.2, 0.25) is 0 Å². The van der Waals surface area contributed by atoms with Gasteiger partial charge >= 0.3 is 11.9 Å². The van der Waals surface area contributed by atoms with E-state index in [1.165, 1.54) is 6.92 Å². The van der Waals surface area contributed by atoms with Crippen LogP contribution in [0.2, 0.25) is 0 Å². The molecule has 0 heterocycles. The molecule has 0 spiro atoms. The Bertz CT molecular complexity index is 267. The van der Waals surface area contributed by atoms with Crippen LogP contribution in [0.15, 0.2) is 0 Å². The van der Waals surface area contributed by atoms with Gasteiger partial charge in [0.1, 0.15) is 11.6 Å². The second-order valence-electron chi connectivity index (χ2n) is 4.11. The van der Waals surface area contributed by atoms with Crippen molar-refractivity contribution in [2.75, 3.05) is 6.61 Å². The smallest absolute Gasteiger partial charge is 0.326 e. The van der Waals surface area contributed by atoms with E-state index in [2.05, 4.69) is 5.32 Å². The molecule has 2 N–H and O–H groups in total. The summed E-state index contributed by atoms with van der Waals surface area (Å²) in [7, 11) is 0. The number of hydrogen-bond donors (Lipinski definition) is 2. The molecule has 0 unspecified atom stereocenters. The van der Waals surface area contributed by atoms with Gasteiger partial charge in [-0.1, -0.05) is 20.3 Å². The number of esters is 1. The largest absolute Gasteiger partial charge is 0.480 e. The molecular weight excluding hydrogens is 222 g/mol. The lowest BCUT2D eigenvalue weighted by molar-refractivity contribution is -0.153. The molecule has 100 valence electrons. The Morgan fingerprint density at radius 1 is 1.35 bits per heavy atom. The van der Waals surface area contributed by atoms with E-state index in [4.69, 9.17) is 9.84 Å². The first-order chi connectivity index (χ1) is 7.93. The highest BCUT2D eigenvalue weighted by Crippen LogP contribution is 2.20. The Hall–Kier alpha value is -1.10. The zero-order valence-electron chi connectivity index (χ0n) is 11.1. The van der Waals surface area contributed by atoms with Crippen LogP contribution in [0.25, 0.3) is 0 Å². The predicted molar refractivity (Wildman–Crippen MR) is 64.8 cm³/mol. The first kappa shape index (κ1) is 15.9.